The number of hydrogen-bond acceptors (Lipinski definition) is 3. The molecule has 0 aromatic heterocycles. The lowest BCUT2D eigenvalue weighted by atomic mass is 10.1. The summed E-state index contributed by atoms with van der Waals surface area (Å²) in [4.78, 5) is 0. The molecule has 0 radical (unpaired) electrons. The van der Waals surface area contributed by atoms with Gasteiger partial charge in [0.25, 0.3) is 0 Å². The summed E-state index contributed by atoms with van der Waals surface area (Å²) in [5.41, 5.74) is 0. The first-order valence-corrected chi connectivity index (χ1v) is 6.58. The third kappa shape index (κ3) is 8.08. The Balaban J connectivity index is 3.62. The van der Waals surface area contributed by atoms with Crippen LogP contribution >= 0.6 is 0 Å². The molecule has 1 N–H and O–H groups in total. The summed E-state index contributed by atoms with van der Waals surface area (Å²) in [5, 5.41) is 3.50. The van der Waals surface area contributed by atoms with Crippen LogP contribution in [0.5, 0.6) is 0 Å². The van der Waals surface area contributed by atoms with E-state index in [1.165, 1.54) is 6.42 Å². The van der Waals surface area contributed by atoms with Crippen molar-refractivity contribution in [2.24, 2.45) is 0 Å². The van der Waals surface area contributed by atoms with E-state index in [-0.39, 0.29) is 6.10 Å². The molecule has 0 aromatic rings. The Morgan fingerprint density at radius 2 is 1.62 bits per heavy atom. The molecule has 0 aromatic carbocycles. The maximum Gasteiger partial charge on any atom is 0.0705 e. The maximum atomic E-state index is 5.75. The van der Waals surface area contributed by atoms with E-state index in [0.29, 0.717) is 25.4 Å². The monoisotopic (exact) mass is 231 g/mol. The standard InChI is InChI=1S/C13H29NO2/c1-6-8-14-13(7-2)12(5)16-10-9-15-11(3)4/h11-14H,6-10H2,1-5H3. The zero-order chi connectivity index (χ0) is 12.4. The van der Waals surface area contributed by atoms with E-state index in [1.54, 1.807) is 0 Å². The Morgan fingerprint density at radius 1 is 1.00 bits per heavy atom. The molecule has 0 aliphatic heterocycles. The van der Waals surface area contributed by atoms with E-state index < -0.39 is 0 Å². The summed E-state index contributed by atoms with van der Waals surface area (Å²) in [6.45, 7) is 13.0. The second-order valence-corrected chi connectivity index (χ2v) is 4.46. The van der Waals surface area contributed by atoms with Gasteiger partial charge in [0.1, 0.15) is 0 Å². The van der Waals surface area contributed by atoms with Crippen molar-refractivity contribution in [1.82, 2.24) is 5.32 Å². The van der Waals surface area contributed by atoms with Crippen molar-refractivity contribution < 1.29 is 9.47 Å². The third-order valence-corrected chi connectivity index (χ3v) is 2.58. The first-order chi connectivity index (χ1) is 7.61. The van der Waals surface area contributed by atoms with Gasteiger partial charge in [0.05, 0.1) is 25.4 Å². The fraction of sp³-hybridized carbons (Fsp3) is 1.00. The molecule has 0 aliphatic rings. The minimum absolute atomic E-state index is 0.257. The highest BCUT2D eigenvalue weighted by Crippen LogP contribution is 2.03. The van der Waals surface area contributed by atoms with Gasteiger partial charge in [0, 0.05) is 6.04 Å². The van der Waals surface area contributed by atoms with Crippen LogP contribution in [0.25, 0.3) is 0 Å². The lowest BCUT2D eigenvalue weighted by Gasteiger charge is -2.24. The molecule has 98 valence electrons. The van der Waals surface area contributed by atoms with E-state index >= 15 is 0 Å². The van der Waals surface area contributed by atoms with Crippen LogP contribution in [0.4, 0.5) is 0 Å². The van der Waals surface area contributed by atoms with Crippen LogP contribution in [-0.4, -0.2) is 38.0 Å². The van der Waals surface area contributed by atoms with Crippen LogP contribution in [0.2, 0.25) is 0 Å². The van der Waals surface area contributed by atoms with Crippen molar-refractivity contribution in [3.8, 4) is 0 Å². The van der Waals surface area contributed by atoms with Crippen molar-refractivity contribution in [3.63, 3.8) is 0 Å². The van der Waals surface area contributed by atoms with E-state index in [4.69, 9.17) is 9.47 Å². The number of nitrogens with one attached hydrogen (secondary N) is 1. The number of ether oxygens (including phenoxy) is 2. The molecule has 16 heavy (non-hydrogen) atoms. The smallest absolute Gasteiger partial charge is 0.0705 e. The fourth-order valence-corrected chi connectivity index (χ4v) is 1.61. The van der Waals surface area contributed by atoms with Gasteiger partial charge in [-0.1, -0.05) is 13.8 Å². The van der Waals surface area contributed by atoms with Crippen molar-refractivity contribution in [1.29, 1.82) is 0 Å². The topological polar surface area (TPSA) is 30.5 Å². The molecule has 0 bridgehead atoms. The van der Waals surface area contributed by atoms with Crippen molar-refractivity contribution in [2.45, 2.75) is 65.7 Å². The summed E-state index contributed by atoms with van der Waals surface area (Å²) >= 11 is 0. The molecule has 3 heteroatoms. The fourth-order valence-electron chi connectivity index (χ4n) is 1.61. The molecular weight excluding hydrogens is 202 g/mol. The zero-order valence-corrected chi connectivity index (χ0v) is 11.6. The van der Waals surface area contributed by atoms with Gasteiger partial charge in [0.15, 0.2) is 0 Å². The van der Waals surface area contributed by atoms with Crippen LogP contribution in [0.1, 0.15) is 47.5 Å². The van der Waals surface area contributed by atoms with Crippen molar-refractivity contribution in [3.05, 3.63) is 0 Å². The Kier molecular flexibility index (Phi) is 9.99. The van der Waals surface area contributed by atoms with Crippen LogP contribution < -0.4 is 5.32 Å². The second-order valence-electron chi connectivity index (χ2n) is 4.46. The molecule has 0 saturated heterocycles. The largest absolute Gasteiger partial charge is 0.376 e. The molecule has 0 heterocycles. The van der Waals surface area contributed by atoms with Gasteiger partial charge in [-0.25, -0.2) is 0 Å². The lowest BCUT2D eigenvalue weighted by molar-refractivity contribution is -0.0187. The van der Waals surface area contributed by atoms with Gasteiger partial charge in [0.2, 0.25) is 0 Å². The molecule has 0 saturated carbocycles. The summed E-state index contributed by atoms with van der Waals surface area (Å²) < 4.78 is 11.2. The molecule has 0 fully saturated rings. The van der Waals surface area contributed by atoms with E-state index in [1.807, 2.05) is 13.8 Å². The predicted octanol–water partition coefficient (Wildman–Crippen LogP) is 2.59. The van der Waals surface area contributed by atoms with Gasteiger partial charge in [-0.05, 0) is 40.2 Å². The van der Waals surface area contributed by atoms with Crippen LogP contribution in [0.3, 0.4) is 0 Å². The zero-order valence-electron chi connectivity index (χ0n) is 11.6. The van der Waals surface area contributed by atoms with E-state index in [9.17, 15) is 0 Å². The molecule has 0 spiro atoms. The average molecular weight is 231 g/mol. The summed E-state index contributed by atoms with van der Waals surface area (Å²) in [6.07, 6.45) is 2.82. The summed E-state index contributed by atoms with van der Waals surface area (Å²) in [5.74, 6) is 0. The average Bonchev–Trinajstić information content (AvgIpc) is 2.25. The summed E-state index contributed by atoms with van der Waals surface area (Å²) in [7, 11) is 0. The number of rotatable bonds is 10. The second kappa shape index (κ2) is 10.1. The van der Waals surface area contributed by atoms with Crippen LogP contribution in [-0.2, 0) is 9.47 Å². The minimum Gasteiger partial charge on any atom is -0.376 e. The first kappa shape index (κ1) is 15.9. The molecule has 0 aliphatic carbocycles. The van der Waals surface area contributed by atoms with Gasteiger partial charge in [-0.15, -0.1) is 0 Å². The predicted molar refractivity (Wildman–Crippen MR) is 68.9 cm³/mol. The van der Waals surface area contributed by atoms with Gasteiger partial charge >= 0.3 is 0 Å². The van der Waals surface area contributed by atoms with Crippen LogP contribution in [0, 0.1) is 0 Å². The molecule has 3 nitrogen and oxygen atoms in total. The van der Waals surface area contributed by atoms with Gasteiger partial charge in [-0.2, -0.15) is 0 Å². The highest BCUT2D eigenvalue weighted by atomic mass is 16.5. The van der Waals surface area contributed by atoms with Gasteiger partial charge < -0.3 is 14.8 Å². The highest BCUT2D eigenvalue weighted by molar-refractivity contribution is 4.71. The normalized spacial score (nSPS) is 15.4. The molecule has 0 rings (SSSR count). The van der Waals surface area contributed by atoms with Crippen LogP contribution in [0.15, 0.2) is 0 Å². The molecule has 2 unspecified atom stereocenters. The van der Waals surface area contributed by atoms with Crippen molar-refractivity contribution in [2.75, 3.05) is 19.8 Å². The molecule has 2 atom stereocenters. The Labute approximate surface area is 101 Å². The molecular formula is C13H29NO2. The summed E-state index contributed by atoms with van der Waals surface area (Å²) in [6, 6.07) is 0.457. The van der Waals surface area contributed by atoms with Gasteiger partial charge in [-0.3, -0.25) is 0 Å². The van der Waals surface area contributed by atoms with Crippen molar-refractivity contribution >= 4 is 0 Å². The van der Waals surface area contributed by atoms with E-state index in [0.717, 1.165) is 13.0 Å². The third-order valence-electron chi connectivity index (χ3n) is 2.58. The highest BCUT2D eigenvalue weighted by Gasteiger charge is 2.14. The number of hydrogen-bond donors (Lipinski definition) is 1. The quantitative estimate of drug-likeness (QED) is 0.586. The minimum atomic E-state index is 0.257. The first-order valence-electron chi connectivity index (χ1n) is 6.58. The SMILES string of the molecule is CCCNC(CC)C(C)OCCOC(C)C. The Morgan fingerprint density at radius 3 is 2.12 bits per heavy atom. The van der Waals surface area contributed by atoms with E-state index in [2.05, 4.69) is 26.1 Å². The lowest BCUT2D eigenvalue weighted by Crippen LogP contribution is -2.40. The maximum absolute atomic E-state index is 5.75. The Hall–Kier alpha value is -0.120. The molecule has 0 amide bonds. The Bertz CT molecular complexity index is 151.